The quantitative estimate of drug-likeness (QED) is 0.746. The topological polar surface area (TPSA) is 101 Å². The van der Waals surface area contributed by atoms with Crippen LogP contribution in [0.1, 0.15) is 16.2 Å². The van der Waals surface area contributed by atoms with E-state index in [2.05, 4.69) is 25.0 Å². The largest absolute Gasteiger partial charge is 0.478 e. The number of aromatic nitrogens is 3. The predicted octanol–water partition coefficient (Wildman–Crippen LogP) is 1.93. The Morgan fingerprint density at radius 2 is 2.20 bits per heavy atom. The van der Waals surface area contributed by atoms with Crippen LogP contribution in [-0.4, -0.2) is 26.2 Å². The molecule has 3 rings (SSSR count). The van der Waals surface area contributed by atoms with Crippen LogP contribution < -0.4 is 5.32 Å². The average Bonchev–Trinajstić information content (AvgIpc) is 2.97. The molecule has 0 aliphatic rings. The summed E-state index contributed by atoms with van der Waals surface area (Å²) in [5, 5.41) is 16.4. The van der Waals surface area contributed by atoms with E-state index in [1.54, 1.807) is 30.3 Å². The Labute approximate surface area is 113 Å². The van der Waals surface area contributed by atoms with Gasteiger partial charge in [-0.25, -0.2) is 9.78 Å². The third-order valence-corrected chi connectivity index (χ3v) is 2.80. The van der Waals surface area contributed by atoms with Gasteiger partial charge in [0.15, 0.2) is 5.82 Å². The number of hydrogen-bond donors (Lipinski definition) is 2. The highest BCUT2D eigenvalue weighted by Crippen LogP contribution is 2.19. The number of hydrogen-bond acceptors (Lipinski definition) is 6. The molecule has 2 N–H and O–H groups in total. The van der Waals surface area contributed by atoms with Crippen LogP contribution in [0.15, 0.2) is 41.2 Å². The van der Waals surface area contributed by atoms with Crippen molar-refractivity contribution in [2.24, 2.45) is 0 Å². The molecular formula is C13H10N4O3. The first kappa shape index (κ1) is 12.1. The van der Waals surface area contributed by atoms with Crippen molar-refractivity contribution in [1.29, 1.82) is 0 Å². The lowest BCUT2D eigenvalue weighted by Gasteiger charge is -2.06. The van der Waals surface area contributed by atoms with Crippen LogP contribution in [0.2, 0.25) is 0 Å². The molecule has 0 bridgehead atoms. The van der Waals surface area contributed by atoms with Crippen LogP contribution in [0.5, 0.6) is 0 Å². The van der Waals surface area contributed by atoms with Crippen LogP contribution in [0.25, 0.3) is 10.9 Å². The monoisotopic (exact) mass is 270 g/mol. The zero-order chi connectivity index (χ0) is 13.9. The van der Waals surface area contributed by atoms with Gasteiger partial charge < -0.3 is 14.9 Å². The van der Waals surface area contributed by atoms with E-state index >= 15 is 0 Å². The molecule has 3 aromatic rings. The second-order valence-corrected chi connectivity index (χ2v) is 4.07. The number of carbonyl (C=O) groups is 1. The minimum absolute atomic E-state index is 0.236. The summed E-state index contributed by atoms with van der Waals surface area (Å²) in [7, 11) is 0. The van der Waals surface area contributed by atoms with E-state index in [1.165, 1.54) is 6.39 Å². The Hall–Kier alpha value is -2.96. The number of carboxylic acid groups (broad SMARTS) is 1. The Morgan fingerprint density at radius 3 is 2.95 bits per heavy atom. The fraction of sp³-hybridized carbons (Fsp3) is 0.0769. The Balaban J connectivity index is 1.89. The fourth-order valence-electron chi connectivity index (χ4n) is 1.88. The van der Waals surface area contributed by atoms with Gasteiger partial charge in [-0.2, -0.15) is 4.98 Å². The van der Waals surface area contributed by atoms with Gasteiger partial charge in [-0.15, -0.1) is 0 Å². The maximum Gasteiger partial charge on any atom is 0.336 e. The van der Waals surface area contributed by atoms with E-state index in [0.717, 1.165) is 0 Å². The molecule has 0 saturated heterocycles. The molecule has 0 radical (unpaired) electrons. The van der Waals surface area contributed by atoms with E-state index < -0.39 is 5.97 Å². The molecule has 0 atom stereocenters. The summed E-state index contributed by atoms with van der Waals surface area (Å²) in [5.74, 6) is 0.168. The smallest absolute Gasteiger partial charge is 0.336 e. The fourth-order valence-corrected chi connectivity index (χ4v) is 1.88. The number of fused-ring (bicyclic) bond motifs is 1. The van der Waals surface area contributed by atoms with Gasteiger partial charge in [-0.1, -0.05) is 11.2 Å². The first-order chi connectivity index (χ1) is 9.74. The van der Waals surface area contributed by atoms with Crippen molar-refractivity contribution in [3.05, 3.63) is 48.1 Å². The molecule has 2 aromatic heterocycles. The molecule has 0 amide bonds. The number of carboxylic acids is 1. The van der Waals surface area contributed by atoms with Gasteiger partial charge in [0.05, 0.1) is 17.6 Å². The third kappa shape index (κ3) is 2.28. The lowest BCUT2D eigenvalue weighted by molar-refractivity contribution is 0.0699. The van der Waals surface area contributed by atoms with Crippen molar-refractivity contribution in [1.82, 2.24) is 15.1 Å². The van der Waals surface area contributed by atoms with Crippen LogP contribution in [-0.2, 0) is 6.54 Å². The Morgan fingerprint density at radius 1 is 1.30 bits per heavy atom. The van der Waals surface area contributed by atoms with E-state index in [1.807, 2.05) is 0 Å². The maximum atomic E-state index is 11.1. The number of nitrogens with zero attached hydrogens (tertiary/aromatic N) is 3. The van der Waals surface area contributed by atoms with Gasteiger partial charge in [0.1, 0.15) is 5.82 Å². The summed E-state index contributed by atoms with van der Waals surface area (Å²) in [5.41, 5.74) is 0.850. The number of anilines is 1. The van der Waals surface area contributed by atoms with Crippen LogP contribution in [0.3, 0.4) is 0 Å². The van der Waals surface area contributed by atoms with Crippen molar-refractivity contribution in [3.63, 3.8) is 0 Å². The standard InChI is InChI=1S/C13H10N4O3/c18-13(19)9-2-1-3-10-8(9)4-5-11(16-10)14-6-12-15-7-20-17-12/h1-5,7H,6H2,(H,14,16)(H,18,19). The molecule has 1 aromatic carbocycles. The third-order valence-electron chi connectivity index (χ3n) is 2.80. The molecule has 7 nitrogen and oxygen atoms in total. The number of nitrogens with one attached hydrogen (secondary N) is 1. The SMILES string of the molecule is O=C(O)c1cccc2nc(NCc3ncon3)ccc12. The summed E-state index contributed by atoms with van der Waals surface area (Å²) in [4.78, 5) is 19.4. The predicted molar refractivity (Wildman–Crippen MR) is 70.3 cm³/mol. The van der Waals surface area contributed by atoms with Gasteiger partial charge in [0, 0.05) is 5.39 Å². The van der Waals surface area contributed by atoms with E-state index in [-0.39, 0.29) is 5.56 Å². The van der Waals surface area contributed by atoms with Crippen molar-refractivity contribution in [3.8, 4) is 0 Å². The summed E-state index contributed by atoms with van der Waals surface area (Å²) >= 11 is 0. The number of rotatable bonds is 4. The van der Waals surface area contributed by atoms with Crippen LogP contribution in [0, 0.1) is 0 Å². The molecule has 0 aliphatic heterocycles. The summed E-state index contributed by atoms with van der Waals surface area (Å²) in [6.07, 6.45) is 1.25. The van der Waals surface area contributed by atoms with Crippen molar-refractivity contribution >= 4 is 22.7 Å². The zero-order valence-corrected chi connectivity index (χ0v) is 10.3. The van der Waals surface area contributed by atoms with Gasteiger partial charge in [-0.05, 0) is 24.3 Å². The summed E-state index contributed by atoms with van der Waals surface area (Å²) < 4.78 is 4.63. The lowest BCUT2D eigenvalue weighted by atomic mass is 10.1. The Kier molecular flexibility index (Phi) is 3.00. The number of aromatic carboxylic acids is 1. The second-order valence-electron chi connectivity index (χ2n) is 4.07. The Bertz CT molecular complexity index is 755. The molecule has 0 spiro atoms. The summed E-state index contributed by atoms with van der Waals surface area (Å²) in [6, 6.07) is 8.43. The normalized spacial score (nSPS) is 10.6. The highest BCUT2D eigenvalue weighted by molar-refractivity contribution is 6.02. The van der Waals surface area contributed by atoms with Crippen LogP contribution in [0.4, 0.5) is 5.82 Å². The molecule has 0 aliphatic carbocycles. The molecular weight excluding hydrogens is 260 g/mol. The number of pyridine rings is 1. The average molecular weight is 270 g/mol. The van der Waals surface area contributed by atoms with Gasteiger partial charge in [-0.3, -0.25) is 0 Å². The van der Waals surface area contributed by atoms with Crippen molar-refractivity contribution in [2.45, 2.75) is 6.54 Å². The lowest BCUT2D eigenvalue weighted by Crippen LogP contribution is -2.03. The molecule has 100 valence electrons. The van der Waals surface area contributed by atoms with Gasteiger partial charge >= 0.3 is 5.97 Å². The highest BCUT2D eigenvalue weighted by atomic mass is 16.5. The maximum absolute atomic E-state index is 11.1. The van der Waals surface area contributed by atoms with E-state index in [0.29, 0.717) is 29.1 Å². The molecule has 20 heavy (non-hydrogen) atoms. The molecule has 0 fully saturated rings. The first-order valence-electron chi connectivity index (χ1n) is 5.86. The minimum atomic E-state index is -0.968. The number of benzene rings is 1. The summed E-state index contributed by atoms with van der Waals surface area (Å²) in [6.45, 7) is 0.383. The molecule has 0 saturated carbocycles. The second kappa shape index (κ2) is 4.96. The van der Waals surface area contributed by atoms with Crippen LogP contribution >= 0.6 is 0 Å². The molecule has 2 heterocycles. The first-order valence-corrected chi connectivity index (χ1v) is 5.86. The van der Waals surface area contributed by atoms with E-state index in [9.17, 15) is 4.79 Å². The van der Waals surface area contributed by atoms with Gasteiger partial charge in [0.25, 0.3) is 0 Å². The van der Waals surface area contributed by atoms with E-state index in [4.69, 9.17) is 5.11 Å². The molecule has 7 heteroatoms. The highest BCUT2D eigenvalue weighted by Gasteiger charge is 2.09. The minimum Gasteiger partial charge on any atom is -0.478 e. The van der Waals surface area contributed by atoms with Crippen molar-refractivity contribution < 1.29 is 14.4 Å². The zero-order valence-electron chi connectivity index (χ0n) is 10.3. The molecule has 0 unspecified atom stereocenters. The van der Waals surface area contributed by atoms with Gasteiger partial charge in [0.2, 0.25) is 6.39 Å². The van der Waals surface area contributed by atoms with Crippen molar-refractivity contribution in [2.75, 3.05) is 5.32 Å².